The van der Waals surface area contributed by atoms with Gasteiger partial charge in [-0.05, 0) is 65.6 Å². The first-order valence-corrected chi connectivity index (χ1v) is 10.5. The molecule has 0 atom stereocenters. The lowest BCUT2D eigenvalue weighted by molar-refractivity contribution is 0.541. The summed E-state index contributed by atoms with van der Waals surface area (Å²) in [5.74, 6) is 2.21. The highest BCUT2D eigenvalue weighted by Gasteiger charge is 2.25. The molecule has 0 amide bonds. The fourth-order valence-electron chi connectivity index (χ4n) is 4.68. The highest BCUT2D eigenvalue weighted by Crippen LogP contribution is 2.44. The summed E-state index contributed by atoms with van der Waals surface area (Å²) in [4.78, 5) is 0. The Kier molecular flexibility index (Phi) is 3.43. The van der Waals surface area contributed by atoms with E-state index in [2.05, 4.69) is 58.4 Å². The Morgan fingerprint density at radius 1 is 0.741 bits per heavy atom. The van der Waals surface area contributed by atoms with Crippen LogP contribution in [-0.4, -0.2) is 0 Å². The third-order valence-corrected chi connectivity index (χ3v) is 6.62. The number of rotatable bonds is 1. The number of benzene rings is 1. The minimum absolute atomic E-state index is 0.947. The van der Waals surface area contributed by atoms with Crippen molar-refractivity contribution in [2.75, 3.05) is 0 Å². The summed E-state index contributed by atoms with van der Waals surface area (Å²) in [7, 11) is 0. The van der Waals surface area contributed by atoms with E-state index in [4.69, 9.17) is 8.83 Å². The van der Waals surface area contributed by atoms with E-state index in [1.54, 1.807) is 0 Å². The van der Waals surface area contributed by atoms with E-state index in [1.165, 1.54) is 37.5 Å². The van der Waals surface area contributed by atoms with Crippen molar-refractivity contribution >= 4 is 50.0 Å². The standard InChI is InChI=1S/C24H19BrO2/c25-16-7-9-20-18(13-16)24-22(27-20)11-10-21-23(24)17-12-15(6-8-19(17)26-21)14-4-2-1-3-5-14/h1-2,4,10-13H,3,5-9H2. The van der Waals surface area contributed by atoms with Crippen molar-refractivity contribution < 1.29 is 8.83 Å². The third-order valence-electron chi connectivity index (χ3n) is 5.99. The maximum absolute atomic E-state index is 6.27. The van der Waals surface area contributed by atoms with Crippen molar-refractivity contribution in [1.29, 1.82) is 0 Å². The largest absolute Gasteiger partial charge is 0.460 e. The lowest BCUT2D eigenvalue weighted by Gasteiger charge is -2.17. The molecule has 0 unspecified atom stereocenters. The molecule has 0 bridgehead atoms. The minimum atomic E-state index is 0.947. The van der Waals surface area contributed by atoms with Gasteiger partial charge < -0.3 is 8.83 Å². The van der Waals surface area contributed by atoms with Crippen LogP contribution in [0.4, 0.5) is 0 Å². The summed E-state index contributed by atoms with van der Waals surface area (Å²) >= 11 is 3.69. The van der Waals surface area contributed by atoms with Crippen molar-refractivity contribution in [3.05, 3.63) is 68.6 Å². The van der Waals surface area contributed by atoms with Gasteiger partial charge in [0.05, 0.1) is 0 Å². The minimum Gasteiger partial charge on any atom is -0.460 e. The van der Waals surface area contributed by atoms with Gasteiger partial charge in [0, 0.05) is 34.7 Å². The van der Waals surface area contributed by atoms with Gasteiger partial charge in [-0.2, -0.15) is 0 Å². The zero-order valence-corrected chi connectivity index (χ0v) is 16.6. The second-order valence-electron chi connectivity index (χ2n) is 7.61. The molecule has 1 aromatic carbocycles. The molecule has 2 nitrogen and oxygen atoms in total. The SMILES string of the molecule is BrC1=Cc2c(oc3ccc4oc5c(c4c23)C=C(C2=CC=CCC2)CC5)CC1. The first-order valence-electron chi connectivity index (χ1n) is 9.70. The molecule has 0 saturated carbocycles. The van der Waals surface area contributed by atoms with Crippen LogP contribution in [-0.2, 0) is 12.8 Å². The van der Waals surface area contributed by atoms with Crippen molar-refractivity contribution in [3.8, 4) is 0 Å². The van der Waals surface area contributed by atoms with Crippen molar-refractivity contribution in [2.24, 2.45) is 0 Å². The van der Waals surface area contributed by atoms with Gasteiger partial charge in [0.1, 0.15) is 22.7 Å². The summed E-state index contributed by atoms with van der Waals surface area (Å²) in [5.41, 5.74) is 7.35. The van der Waals surface area contributed by atoms with E-state index < -0.39 is 0 Å². The normalized spacial score (nSPS) is 18.9. The van der Waals surface area contributed by atoms with Crippen molar-refractivity contribution in [2.45, 2.75) is 38.5 Å². The Bertz CT molecular complexity index is 1230. The molecule has 0 aliphatic heterocycles. The summed E-state index contributed by atoms with van der Waals surface area (Å²) in [6, 6.07) is 4.13. The number of halogens is 1. The smallest absolute Gasteiger partial charge is 0.135 e. The molecule has 134 valence electrons. The first-order chi connectivity index (χ1) is 13.3. The van der Waals surface area contributed by atoms with Crippen LogP contribution in [0.1, 0.15) is 48.3 Å². The van der Waals surface area contributed by atoms with Gasteiger partial charge in [0.2, 0.25) is 0 Å². The van der Waals surface area contributed by atoms with Crippen LogP contribution < -0.4 is 0 Å². The van der Waals surface area contributed by atoms with Gasteiger partial charge >= 0.3 is 0 Å². The maximum atomic E-state index is 6.27. The van der Waals surface area contributed by atoms with E-state index in [0.29, 0.717) is 0 Å². The Morgan fingerprint density at radius 2 is 1.44 bits per heavy atom. The van der Waals surface area contributed by atoms with Crippen LogP contribution in [0.2, 0.25) is 0 Å². The molecule has 0 spiro atoms. The molecule has 0 saturated heterocycles. The number of fused-ring (bicyclic) bond motifs is 7. The van der Waals surface area contributed by atoms with E-state index in [1.807, 2.05) is 0 Å². The highest BCUT2D eigenvalue weighted by molar-refractivity contribution is 9.11. The second kappa shape index (κ2) is 5.87. The molecule has 0 fully saturated rings. The third kappa shape index (κ3) is 2.37. The fraction of sp³-hybridized carbons (Fsp3) is 0.250. The number of allylic oxidation sites excluding steroid dienone is 6. The topological polar surface area (TPSA) is 26.3 Å². The molecule has 3 aliphatic carbocycles. The molecule has 3 aliphatic rings. The monoisotopic (exact) mass is 418 g/mol. The first kappa shape index (κ1) is 15.8. The zero-order chi connectivity index (χ0) is 18.0. The quantitative estimate of drug-likeness (QED) is 0.409. The number of hydrogen-bond donors (Lipinski definition) is 0. The van der Waals surface area contributed by atoms with E-state index >= 15 is 0 Å². The second-order valence-corrected chi connectivity index (χ2v) is 8.63. The van der Waals surface area contributed by atoms with E-state index in [0.717, 1.165) is 61.2 Å². The molecule has 3 heteroatoms. The van der Waals surface area contributed by atoms with Crippen LogP contribution >= 0.6 is 15.9 Å². The predicted octanol–water partition coefficient (Wildman–Crippen LogP) is 7.47. The van der Waals surface area contributed by atoms with Crippen LogP contribution in [0.5, 0.6) is 0 Å². The average molecular weight is 419 g/mol. The van der Waals surface area contributed by atoms with Crippen LogP contribution in [0.25, 0.3) is 34.1 Å². The highest BCUT2D eigenvalue weighted by atomic mass is 79.9. The predicted molar refractivity (Wildman–Crippen MR) is 114 cm³/mol. The lowest BCUT2D eigenvalue weighted by Crippen LogP contribution is -2.01. The van der Waals surface area contributed by atoms with Crippen molar-refractivity contribution in [1.82, 2.24) is 0 Å². The van der Waals surface area contributed by atoms with E-state index in [9.17, 15) is 0 Å². The molecular formula is C24H19BrO2. The number of furan rings is 2. The number of hydrogen-bond acceptors (Lipinski definition) is 2. The van der Waals surface area contributed by atoms with Crippen LogP contribution in [0.15, 0.2) is 54.8 Å². The Morgan fingerprint density at radius 3 is 2.15 bits per heavy atom. The summed E-state index contributed by atoms with van der Waals surface area (Å²) in [6.07, 6.45) is 17.6. The zero-order valence-electron chi connectivity index (χ0n) is 15.0. The molecule has 2 aromatic heterocycles. The fourth-order valence-corrected chi connectivity index (χ4v) is 5.11. The van der Waals surface area contributed by atoms with Crippen molar-refractivity contribution in [3.63, 3.8) is 0 Å². The van der Waals surface area contributed by atoms with Gasteiger partial charge in [0.25, 0.3) is 0 Å². The molecule has 27 heavy (non-hydrogen) atoms. The molecule has 3 aromatic rings. The van der Waals surface area contributed by atoms with Gasteiger partial charge in [-0.1, -0.05) is 34.2 Å². The van der Waals surface area contributed by atoms with Gasteiger partial charge in [-0.15, -0.1) is 0 Å². The Hall–Kier alpha value is -2.26. The molecule has 6 rings (SSSR count). The van der Waals surface area contributed by atoms with Crippen LogP contribution in [0.3, 0.4) is 0 Å². The average Bonchev–Trinajstić information content (AvgIpc) is 3.25. The Labute approximate surface area is 166 Å². The van der Waals surface area contributed by atoms with E-state index in [-0.39, 0.29) is 0 Å². The van der Waals surface area contributed by atoms with Gasteiger partial charge in [-0.3, -0.25) is 0 Å². The molecule has 0 radical (unpaired) electrons. The maximum Gasteiger partial charge on any atom is 0.135 e. The summed E-state index contributed by atoms with van der Waals surface area (Å²) in [5, 5.41) is 2.43. The molecule has 2 heterocycles. The summed E-state index contributed by atoms with van der Waals surface area (Å²) < 4.78 is 13.7. The number of aryl methyl sites for hydroxylation is 2. The summed E-state index contributed by atoms with van der Waals surface area (Å²) in [6.45, 7) is 0. The molecule has 0 N–H and O–H groups in total. The lowest BCUT2D eigenvalue weighted by atomic mass is 9.87. The molecular weight excluding hydrogens is 400 g/mol. The van der Waals surface area contributed by atoms with Crippen LogP contribution in [0, 0.1) is 0 Å². The Balaban J connectivity index is 1.65. The van der Waals surface area contributed by atoms with Gasteiger partial charge in [0.15, 0.2) is 0 Å². The van der Waals surface area contributed by atoms with Gasteiger partial charge in [-0.25, -0.2) is 0 Å².